The van der Waals surface area contributed by atoms with Crippen LogP contribution >= 0.6 is 0 Å². The Hall–Kier alpha value is -1.59. The standard InChI is InChI=1S/C14H26N6/c1-4-10-15-12-17-13(16-11-8-7-9-11)19-14(18-12)20(5-2)6-3/h11H,4-10H2,1-3H3,(H2,15,16,17,18,19). The van der Waals surface area contributed by atoms with Gasteiger partial charge in [0.1, 0.15) is 0 Å². The smallest absolute Gasteiger partial charge is 0.231 e. The van der Waals surface area contributed by atoms with Crippen LogP contribution in [0.15, 0.2) is 0 Å². The summed E-state index contributed by atoms with van der Waals surface area (Å²) >= 11 is 0. The van der Waals surface area contributed by atoms with E-state index in [1.165, 1.54) is 19.3 Å². The van der Waals surface area contributed by atoms with Crippen molar-refractivity contribution in [2.24, 2.45) is 0 Å². The Labute approximate surface area is 121 Å². The molecular formula is C14H26N6. The summed E-state index contributed by atoms with van der Waals surface area (Å²) < 4.78 is 0. The zero-order valence-corrected chi connectivity index (χ0v) is 12.8. The second-order valence-electron chi connectivity index (χ2n) is 5.15. The van der Waals surface area contributed by atoms with Gasteiger partial charge in [-0.25, -0.2) is 0 Å². The van der Waals surface area contributed by atoms with Gasteiger partial charge in [-0.3, -0.25) is 0 Å². The monoisotopic (exact) mass is 278 g/mol. The number of nitrogens with zero attached hydrogens (tertiary/aromatic N) is 4. The third-order valence-corrected chi connectivity index (χ3v) is 3.64. The van der Waals surface area contributed by atoms with Crippen LogP contribution in [0.3, 0.4) is 0 Å². The predicted molar refractivity (Wildman–Crippen MR) is 83.4 cm³/mol. The molecule has 0 aliphatic heterocycles. The van der Waals surface area contributed by atoms with Crippen LogP contribution in [0.25, 0.3) is 0 Å². The molecule has 0 aromatic carbocycles. The molecule has 0 amide bonds. The van der Waals surface area contributed by atoms with E-state index in [0.29, 0.717) is 17.9 Å². The third kappa shape index (κ3) is 3.71. The van der Waals surface area contributed by atoms with Crippen LogP contribution < -0.4 is 15.5 Å². The molecule has 112 valence electrons. The van der Waals surface area contributed by atoms with E-state index in [0.717, 1.165) is 32.0 Å². The lowest BCUT2D eigenvalue weighted by Gasteiger charge is -2.27. The highest BCUT2D eigenvalue weighted by Crippen LogP contribution is 2.23. The van der Waals surface area contributed by atoms with E-state index >= 15 is 0 Å². The molecule has 2 N–H and O–H groups in total. The Morgan fingerprint density at radius 3 is 2.30 bits per heavy atom. The van der Waals surface area contributed by atoms with Crippen LogP contribution in [0.1, 0.15) is 46.5 Å². The van der Waals surface area contributed by atoms with Gasteiger partial charge in [0, 0.05) is 25.7 Å². The van der Waals surface area contributed by atoms with Gasteiger partial charge in [-0.15, -0.1) is 0 Å². The maximum atomic E-state index is 4.56. The maximum absolute atomic E-state index is 4.56. The Morgan fingerprint density at radius 2 is 1.75 bits per heavy atom. The van der Waals surface area contributed by atoms with Crippen LogP contribution in [0.5, 0.6) is 0 Å². The van der Waals surface area contributed by atoms with Gasteiger partial charge < -0.3 is 15.5 Å². The minimum absolute atomic E-state index is 0.529. The van der Waals surface area contributed by atoms with Gasteiger partial charge in [0.2, 0.25) is 17.8 Å². The van der Waals surface area contributed by atoms with Gasteiger partial charge in [-0.05, 0) is 39.5 Å². The lowest BCUT2D eigenvalue weighted by atomic mass is 9.93. The zero-order valence-electron chi connectivity index (χ0n) is 12.8. The van der Waals surface area contributed by atoms with Gasteiger partial charge in [0.15, 0.2) is 0 Å². The molecular weight excluding hydrogens is 252 g/mol. The molecule has 1 saturated carbocycles. The molecule has 0 saturated heterocycles. The SMILES string of the molecule is CCCNc1nc(NC2CCC2)nc(N(CC)CC)n1. The van der Waals surface area contributed by atoms with Crippen molar-refractivity contribution in [2.45, 2.75) is 52.5 Å². The fraction of sp³-hybridized carbons (Fsp3) is 0.786. The van der Waals surface area contributed by atoms with Crippen molar-refractivity contribution in [1.29, 1.82) is 0 Å². The Kier molecular flexibility index (Phi) is 5.38. The average molecular weight is 278 g/mol. The quantitative estimate of drug-likeness (QED) is 0.761. The van der Waals surface area contributed by atoms with Gasteiger partial charge in [0.05, 0.1) is 0 Å². The number of hydrogen-bond acceptors (Lipinski definition) is 6. The summed E-state index contributed by atoms with van der Waals surface area (Å²) in [5.41, 5.74) is 0. The van der Waals surface area contributed by atoms with E-state index in [4.69, 9.17) is 0 Å². The van der Waals surface area contributed by atoms with Crippen LogP contribution in [0.2, 0.25) is 0 Å². The third-order valence-electron chi connectivity index (χ3n) is 3.64. The number of aromatic nitrogens is 3. The van der Waals surface area contributed by atoms with Crippen molar-refractivity contribution in [3.05, 3.63) is 0 Å². The molecule has 1 aromatic rings. The minimum atomic E-state index is 0.529. The van der Waals surface area contributed by atoms with Gasteiger partial charge in [-0.2, -0.15) is 15.0 Å². The number of rotatable bonds is 8. The molecule has 1 aromatic heterocycles. The van der Waals surface area contributed by atoms with Crippen molar-refractivity contribution in [1.82, 2.24) is 15.0 Å². The minimum Gasteiger partial charge on any atom is -0.354 e. The number of hydrogen-bond donors (Lipinski definition) is 2. The normalized spacial score (nSPS) is 14.8. The van der Waals surface area contributed by atoms with Gasteiger partial charge in [-0.1, -0.05) is 6.92 Å². The molecule has 1 aliphatic carbocycles. The molecule has 0 unspecified atom stereocenters. The lowest BCUT2D eigenvalue weighted by molar-refractivity contribution is 0.443. The topological polar surface area (TPSA) is 66.0 Å². The van der Waals surface area contributed by atoms with Crippen molar-refractivity contribution >= 4 is 17.8 Å². The molecule has 1 heterocycles. The van der Waals surface area contributed by atoms with E-state index in [1.807, 2.05) is 0 Å². The Bertz CT molecular complexity index is 414. The summed E-state index contributed by atoms with van der Waals surface area (Å²) in [5.74, 6) is 2.13. The summed E-state index contributed by atoms with van der Waals surface area (Å²) in [7, 11) is 0. The van der Waals surface area contributed by atoms with E-state index in [1.54, 1.807) is 0 Å². The van der Waals surface area contributed by atoms with Crippen molar-refractivity contribution < 1.29 is 0 Å². The summed E-state index contributed by atoms with van der Waals surface area (Å²) in [6, 6.07) is 0.529. The molecule has 1 fully saturated rings. The van der Waals surface area contributed by atoms with Crippen molar-refractivity contribution in [3.8, 4) is 0 Å². The molecule has 1 aliphatic rings. The Balaban J connectivity index is 2.17. The zero-order chi connectivity index (χ0) is 14.4. The van der Waals surface area contributed by atoms with E-state index in [9.17, 15) is 0 Å². The largest absolute Gasteiger partial charge is 0.354 e. The molecule has 0 bridgehead atoms. The first-order valence-corrected chi connectivity index (χ1v) is 7.78. The molecule has 6 heteroatoms. The molecule has 2 rings (SSSR count). The highest BCUT2D eigenvalue weighted by molar-refractivity contribution is 5.44. The van der Waals surface area contributed by atoms with Crippen LogP contribution in [-0.2, 0) is 0 Å². The molecule has 0 radical (unpaired) electrons. The van der Waals surface area contributed by atoms with Gasteiger partial charge >= 0.3 is 0 Å². The highest BCUT2D eigenvalue weighted by atomic mass is 15.3. The predicted octanol–water partition coefficient (Wildman–Crippen LogP) is 2.50. The van der Waals surface area contributed by atoms with Gasteiger partial charge in [0.25, 0.3) is 0 Å². The van der Waals surface area contributed by atoms with E-state index < -0.39 is 0 Å². The lowest BCUT2D eigenvalue weighted by Crippen LogP contribution is -2.30. The maximum Gasteiger partial charge on any atom is 0.231 e. The van der Waals surface area contributed by atoms with Crippen LogP contribution in [-0.4, -0.2) is 40.6 Å². The van der Waals surface area contributed by atoms with Crippen LogP contribution in [0, 0.1) is 0 Å². The molecule has 20 heavy (non-hydrogen) atoms. The van der Waals surface area contributed by atoms with Crippen molar-refractivity contribution in [2.75, 3.05) is 35.2 Å². The number of anilines is 3. The Morgan fingerprint density at radius 1 is 1.05 bits per heavy atom. The highest BCUT2D eigenvalue weighted by Gasteiger charge is 2.19. The average Bonchev–Trinajstić information content (AvgIpc) is 2.42. The first-order chi connectivity index (χ1) is 9.76. The molecule has 0 spiro atoms. The summed E-state index contributed by atoms with van der Waals surface area (Å²) in [6.07, 6.45) is 4.78. The number of nitrogens with one attached hydrogen (secondary N) is 2. The molecule has 6 nitrogen and oxygen atoms in total. The second kappa shape index (κ2) is 7.26. The van der Waals surface area contributed by atoms with Crippen LogP contribution in [0.4, 0.5) is 17.8 Å². The first kappa shape index (κ1) is 14.8. The summed E-state index contributed by atoms with van der Waals surface area (Å²) in [4.78, 5) is 15.7. The van der Waals surface area contributed by atoms with E-state index in [2.05, 4.69) is 51.3 Å². The summed E-state index contributed by atoms with van der Waals surface area (Å²) in [5, 5.41) is 6.67. The fourth-order valence-corrected chi connectivity index (χ4v) is 2.13. The summed E-state index contributed by atoms with van der Waals surface area (Å²) in [6.45, 7) is 9.04. The molecule has 0 atom stereocenters. The second-order valence-corrected chi connectivity index (χ2v) is 5.15. The van der Waals surface area contributed by atoms with Crippen molar-refractivity contribution in [3.63, 3.8) is 0 Å². The fourth-order valence-electron chi connectivity index (χ4n) is 2.13. The first-order valence-electron chi connectivity index (χ1n) is 7.78. The van der Waals surface area contributed by atoms with E-state index in [-0.39, 0.29) is 0 Å².